The van der Waals surface area contributed by atoms with Crippen molar-refractivity contribution in [2.24, 2.45) is 0 Å². The van der Waals surface area contributed by atoms with Gasteiger partial charge in [-0.2, -0.15) is 0 Å². The SMILES string of the molecule is CCC(C)(CO)NC(=O)CNC(=O)c1ccc(C)cc1. The minimum Gasteiger partial charge on any atom is -0.394 e. The largest absolute Gasteiger partial charge is 0.394 e. The topological polar surface area (TPSA) is 78.4 Å². The number of aliphatic hydroxyl groups is 1. The van der Waals surface area contributed by atoms with Crippen LogP contribution < -0.4 is 10.6 Å². The third-order valence-corrected chi connectivity index (χ3v) is 3.29. The van der Waals surface area contributed by atoms with Crippen molar-refractivity contribution in [1.29, 1.82) is 0 Å². The standard InChI is InChI=1S/C15H22N2O3/c1-4-15(3,10-18)17-13(19)9-16-14(20)12-7-5-11(2)6-8-12/h5-8,18H,4,9-10H2,1-3H3,(H,16,20)(H,17,19). The number of amides is 2. The van der Waals surface area contributed by atoms with Gasteiger partial charge < -0.3 is 15.7 Å². The number of hydrogen-bond acceptors (Lipinski definition) is 3. The molecule has 5 nitrogen and oxygen atoms in total. The van der Waals surface area contributed by atoms with Crippen LogP contribution in [0.3, 0.4) is 0 Å². The van der Waals surface area contributed by atoms with E-state index in [1.807, 2.05) is 26.0 Å². The molecule has 1 aromatic carbocycles. The van der Waals surface area contributed by atoms with Gasteiger partial charge in [0.25, 0.3) is 5.91 Å². The van der Waals surface area contributed by atoms with Crippen LogP contribution in [0.15, 0.2) is 24.3 Å². The summed E-state index contributed by atoms with van der Waals surface area (Å²) in [6.07, 6.45) is 0.612. The zero-order valence-corrected chi connectivity index (χ0v) is 12.2. The lowest BCUT2D eigenvalue weighted by Crippen LogP contribution is -2.51. The van der Waals surface area contributed by atoms with Crippen LogP contribution in [-0.4, -0.2) is 35.6 Å². The summed E-state index contributed by atoms with van der Waals surface area (Å²) in [5, 5.41) is 14.5. The molecule has 0 bridgehead atoms. The van der Waals surface area contributed by atoms with Crippen molar-refractivity contribution >= 4 is 11.8 Å². The molecule has 2 amide bonds. The van der Waals surface area contributed by atoms with Gasteiger partial charge in [0, 0.05) is 5.56 Å². The maximum atomic E-state index is 11.8. The highest BCUT2D eigenvalue weighted by atomic mass is 16.3. The first-order chi connectivity index (χ1) is 9.40. The predicted octanol–water partition coefficient (Wildman–Crippen LogP) is 1.00. The fourth-order valence-corrected chi connectivity index (χ4v) is 1.59. The first-order valence-corrected chi connectivity index (χ1v) is 6.67. The lowest BCUT2D eigenvalue weighted by Gasteiger charge is -2.27. The van der Waals surface area contributed by atoms with Crippen molar-refractivity contribution in [3.8, 4) is 0 Å². The van der Waals surface area contributed by atoms with Crippen molar-refractivity contribution < 1.29 is 14.7 Å². The van der Waals surface area contributed by atoms with Gasteiger partial charge in [0.1, 0.15) is 0 Å². The first kappa shape index (κ1) is 16.2. The summed E-state index contributed by atoms with van der Waals surface area (Å²) in [6, 6.07) is 7.11. The molecule has 20 heavy (non-hydrogen) atoms. The Balaban J connectivity index is 2.49. The molecule has 0 fully saturated rings. The fourth-order valence-electron chi connectivity index (χ4n) is 1.59. The van der Waals surface area contributed by atoms with Gasteiger partial charge in [-0.25, -0.2) is 0 Å². The van der Waals surface area contributed by atoms with E-state index in [0.717, 1.165) is 5.56 Å². The molecule has 110 valence electrons. The molecule has 3 N–H and O–H groups in total. The zero-order valence-electron chi connectivity index (χ0n) is 12.2. The second kappa shape index (κ2) is 7.05. The Bertz CT molecular complexity index is 465. The molecule has 0 aliphatic heterocycles. The van der Waals surface area contributed by atoms with Crippen LogP contribution in [0.25, 0.3) is 0 Å². The number of aryl methyl sites for hydroxylation is 1. The van der Waals surface area contributed by atoms with Gasteiger partial charge in [-0.05, 0) is 32.4 Å². The summed E-state index contributed by atoms with van der Waals surface area (Å²) in [5.41, 5.74) is 0.941. The molecule has 1 atom stereocenters. The summed E-state index contributed by atoms with van der Waals surface area (Å²) >= 11 is 0. The fraction of sp³-hybridized carbons (Fsp3) is 0.467. The minimum atomic E-state index is -0.647. The van der Waals surface area contributed by atoms with Gasteiger partial charge in [-0.3, -0.25) is 9.59 Å². The van der Waals surface area contributed by atoms with E-state index in [4.69, 9.17) is 0 Å². The second-order valence-corrected chi connectivity index (χ2v) is 5.17. The lowest BCUT2D eigenvalue weighted by atomic mass is 10.0. The predicted molar refractivity (Wildman–Crippen MR) is 77.4 cm³/mol. The summed E-state index contributed by atoms with van der Waals surface area (Å²) in [5.74, 6) is -0.605. The summed E-state index contributed by atoms with van der Waals surface area (Å²) in [7, 11) is 0. The Hall–Kier alpha value is -1.88. The highest BCUT2D eigenvalue weighted by molar-refractivity contribution is 5.96. The quantitative estimate of drug-likeness (QED) is 0.726. The minimum absolute atomic E-state index is 0.109. The van der Waals surface area contributed by atoms with Crippen molar-refractivity contribution in [2.45, 2.75) is 32.7 Å². The number of nitrogens with one attached hydrogen (secondary N) is 2. The first-order valence-electron chi connectivity index (χ1n) is 6.67. The van der Waals surface area contributed by atoms with Gasteiger partial charge in [0.05, 0.1) is 18.7 Å². The molecule has 0 spiro atoms. The van der Waals surface area contributed by atoms with E-state index in [1.54, 1.807) is 19.1 Å². The number of carbonyl (C=O) groups excluding carboxylic acids is 2. The average molecular weight is 278 g/mol. The molecule has 0 aliphatic carbocycles. The Labute approximate surface area is 119 Å². The zero-order chi connectivity index (χ0) is 15.2. The molecular formula is C15H22N2O3. The number of rotatable bonds is 6. The summed E-state index contributed by atoms with van der Waals surface area (Å²) in [6.45, 7) is 5.33. The van der Waals surface area contributed by atoms with Crippen LogP contribution in [0.4, 0.5) is 0 Å². The molecule has 0 saturated heterocycles. The molecule has 0 heterocycles. The van der Waals surface area contributed by atoms with Gasteiger partial charge in [0.2, 0.25) is 5.91 Å². The third kappa shape index (κ3) is 4.66. The van der Waals surface area contributed by atoms with Crippen LogP contribution in [0.2, 0.25) is 0 Å². The molecule has 0 saturated carbocycles. The number of carbonyl (C=O) groups is 2. The Morgan fingerprint density at radius 1 is 1.25 bits per heavy atom. The van der Waals surface area contributed by atoms with E-state index in [2.05, 4.69) is 10.6 Å². The summed E-state index contributed by atoms with van der Waals surface area (Å²) < 4.78 is 0. The normalized spacial score (nSPS) is 13.4. The molecule has 1 unspecified atom stereocenters. The van der Waals surface area contributed by atoms with Crippen LogP contribution in [0.1, 0.15) is 36.2 Å². The van der Waals surface area contributed by atoms with E-state index in [1.165, 1.54) is 0 Å². The molecule has 1 rings (SSSR count). The Morgan fingerprint density at radius 3 is 2.35 bits per heavy atom. The Kier molecular flexibility index (Phi) is 5.70. The maximum absolute atomic E-state index is 11.8. The van der Waals surface area contributed by atoms with E-state index >= 15 is 0 Å². The van der Waals surface area contributed by atoms with Gasteiger partial charge in [0.15, 0.2) is 0 Å². The molecule has 5 heteroatoms. The van der Waals surface area contributed by atoms with Crippen molar-refractivity contribution in [3.05, 3.63) is 35.4 Å². The molecule has 1 aromatic rings. The van der Waals surface area contributed by atoms with Crippen molar-refractivity contribution in [3.63, 3.8) is 0 Å². The second-order valence-electron chi connectivity index (χ2n) is 5.17. The van der Waals surface area contributed by atoms with E-state index < -0.39 is 5.54 Å². The molecule has 0 radical (unpaired) electrons. The number of aliphatic hydroxyl groups excluding tert-OH is 1. The maximum Gasteiger partial charge on any atom is 0.251 e. The van der Waals surface area contributed by atoms with E-state index in [9.17, 15) is 14.7 Å². The van der Waals surface area contributed by atoms with Crippen LogP contribution in [0.5, 0.6) is 0 Å². The highest BCUT2D eigenvalue weighted by Crippen LogP contribution is 2.07. The number of benzene rings is 1. The molecule has 0 aliphatic rings. The number of hydrogen-bond donors (Lipinski definition) is 3. The smallest absolute Gasteiger partial charge is 0.251 e. The van der Waals surface area contributed by atoms with Crippen molar-refractivity contribution in [2.75, 3.05) is 13.2 Å². The highest BCUT2D eigenvalue weighted by Gasteiger charge is 2.23. The van der Waals surface area contributed by atoms with Crippen LogP contribution in [0, 0.1) is 6.92 Å². The van der Waals surface area contributed by atoms with E-state index in [0.29, 0.717) is 12.0 Å². The monoisotopic (exact) mass is 278 g/mol. The third-order valence-electron chi connectivity index (χ3n) is 3.29. The molecule has 0 aromatic heterocycles. The van der Waals surface area contributed by atoms with Crippen LogP contribution in [-0.2, 0) is 4.79 Å². The molecular weight excluding hydrogens is 256 g/mol. The summed E-state index contributed by atoms with van der Waals surface area (Å²) in [4.78, 5) is 23.6. The lowest BCUT2D eigenvalue weighted by molar-refractivity contribution is -0.122. The van der Waals surface area contributed by atoms with E-state index in [-0.39, 0.29) is 25.0 Å². The average Bonchev–Trinajstić information content (AvgIpc) is 2.45. The van der Waals surface area contributed by atoms with Gasteiger partial charge >= 0.3 is 0 Å². The Morgan fingerprint density at radius 2 is 1.85 bits per heavy atom. The van der Waals surface area contributed by atoms with Crippen molar-refractivity contribution in [1.82, 2.24) is 10.6 Å². The van der Waals surface area contributed by atoms with Crippen LogP contribution >= 0.6 is 0 Å². The van der Waals surface area contributed by atoms with Gasteiger partial charge in [-0.1, -0.05) is 24.6 Å². The van der Waals surface area contributed by atoms with Gasteiger partial charge in [-0.15, -0.1) is 0 Å².